The number of phenolic OH excluding ortho intramolecular Hbond substituents is 2. The third kappa shape index (κ3) is 7.54. The Hall–Kier alpha value is -3.68. The standard InChI is InChI=1S/C46H58O6/c1-9-30-19-39(20-32(18-29-10-11-29)42(30)31-12-13-31)45(2,3)37-14-16-38(17-15-37)46(4,40-21-33(25-49-5)43(47)34(22-40)26-50-6)41-23-35(27-51-7)44(48)36(24-41)28-52-8/h14-17,19-24,29,31,47-48H,9-13,18,25-28H2,1-8H3. The van der Waals surface area contributed by atoms with Crippen molar-refractivity contribution in [3.8, 4) is 11.5 Å². The van der Waals surface area contributed by atoms with Crippen molar-refractivity contribution < 1.29 is 29.2 Å². The molecule has 2 saturated carbocycles. The van der Waals surface area contributed by atoms with Crippen LogP contribution in [0.15, 0.2) is 60.7 Å². The highest BCUT2D eigenvalue weighted by molar-refractivity contribution is 5.58. The van der Waals surface area contributed by atoms with Crippen LogP contribution in [0, 0.1) is 5.92 Å². The monoisotopic (exact) mass is 706 g/mol. The maximum absolute atomic E-state index is 11.2. The molecule has 2 aliphatic rings. The van der Waals surface area contributed by atoms with Crippen LogP contribution in [-0.2, 0) is 69.0 Å². The highest BCUT2D eigenvalue weighted by Gasteiger charge is 2.36. The van der Waals surface area contributed by atoms with E-state index in [1.165, 1.54) is 48.8 Å². The molecule has 2 fully saturated rings. The molecule has 0 bridgehead atoms. The summed E-state index contributed by atoms with van der Waals surface area (Å²) in [5, 5.41) is 22.4. The number of hydrogen-bond donors (Lipinski definition) is 2. The molecule has 2 N–H and O–H groups in total. The predicted molar refractivity (Wildman–Crippen MR) is 207 cm³/mol. The van der Waals surface area contributed by atoms with Gasteiger partial charge in [0, 0.05) is 61.5 Å². The van der Waals surface area contributed by atoms with Crippen molar-refractivity contribution in [2.75, 3.05) is 28.4 Å². The molecule has 52 heavy (non-hydrogen) atoms. The number of rotatable bonds is 17. The molecule has 278 valence electrons. The van der Waals surface area contributed by atoms with Gasteiger partial charge >= 0.3 is 0 Å². The van der Waals surface area contributed by atoms with Gasteiger partial charge in [-0.2, -0.15) is 0 Å². The second-order valence-electron chi connectivity index (χ2n) is 15.8. The molecule has 6 heteroatoms. The zero-order valence-corrected chi connectivity index (χ0v) is 32.5. The number of benzene rings is 4. The van der Waals surface area contributed by atoms with Crippen molar-refractivity contribution in [3.63, 3.8) is 0 Å². The lowest BCUT2D eigenvalue weighted by molar-refractivity contribution is 0.174. The molecule has 6 rings (SSSR count). The van der Waals surface area contributed by atoms with Gasteiger partial charge in [0.05, 0.1) is 26.4 Å². The third-order valence-electron chi connectivity index (χ3n) is 11.7. The smallest absolute Gasteiger partial charge is 0.126 e. The maximum Gasteiger partial charge on any atom is 0.126 e. The normalized spacial score (nSPS) is 15.0. The van der Waals surface area contributed by atoms with Gasteiger partial charge in [0.2, 0.25) is 0 Å². The van der Waals surface area contributed by atoms with Crippen LogP contribution in [0.2, 0.25) is 0 Å². The molecule has 0 atom stereocenters. The van der Waals surface area contributed by atoms with Gasteiger partial charge in [-0.25, -0.2) is 0 Å². The Morgan fingerprint density at radius 2 is 0.942 bits per heavy atom. The average molecular weight is 707 g/mol. The largest absolute Gasteiger partial charge is 0.507 e. The van der Waals surface area contributed by atoms with Gasteiger partial charge in [-0.3, -0.25) is 0 Å². The van der Waals surface area contributed by atoms with E-state index in [4.69, 9.17) is 18.9 Å². The van der Waals surface area contributed by atoms with Gasteiger partial charge in [-0.1, -0.05) is 57.2 Å². The minimum atomic E-state index is -0.710. The van der Waals surface area contributed by atoms with Crippen LogP contribution < -0.4 is 0 Å². The van der Waals surface area contributed by atoms with Gasteiger partial charge in [0.15, 0.2) is 0 Å². The predicted octanol–water partition coefficient (Wildman–Crippen LogP) is 9.76. The molecule has 0 radical (unpaired) electrons. The zero-order valence-electron chi connectivity index (χ0n) is 32.5. The molecule has 4 aromatic carbocycles. The van der Waals surface area contributed by atoms with Crippen molar-refractivity contribution in [1.29, 1.82) is 0 Å². The van der Waals surface area contributed by atoms with E-state index in [9.17, 15) is 10.2 Å². The number of methoxy groups -OCH3 is 4. The molecule has 4 aromatic rings. The summed E-state index contributed by atoms with van der Waals surface area (Å²) >= 11 is 0. The highest BCUT2D eigenvalue weighted by atomic mass is 16.5. The van der Waals surface area contributed by atoms with Crippen LogP contribution in [0.5, 0.6) is 11.5 Å². The summed E-state index contributed by atoms with van der Waals surface area (Å²) in [6.45, 7) is 10.2. The van der Waals surface area contributed by atoms with E-state index in [0.29, 0.717) is 22.3 Å². The van der Waals surface area contributed by atoms with Crippen LogP contribution in [0.25, 0.3) is 0 Å². The van der Waals surface area contributed by atoms with Crippen molar-refractivity contribution >= 4 is 0 Å². The lowest BCUT2D eigenvalue weighted by Gasteiger charge is -2.35. The first-order valence-corrected chi connectivity index (χ1v) is 18.9. The Kier molecular flexibility index (Phi) is 11.5. The molecule has 0 aromatic heterocycles. The summed E-state index contributed by atoms with van der Waals surface area (Å²) in [7, 11) is 6.53. The van der Waals surface area contributed by atoms with E-state index < -0.39 is 5.41 Å². The van der Waals surface area contributed by atoms with E-state index in [2.05, 4.69) is 64.1 Å². The highest BCUT2D eigenvalue weighted by Crippen LogP contribution is 2.48. The average Bonchev–Trinajstić information content (AvgIpc) is 4.08. The number of phenols is 2. The fourth-order valence-corrected chi connectivity index (χ4v) is 8.18. The fourth-order valence-electron chi connectivity index (χ4n) is 8.18. The Balaban J connectivity index is 1.50. The first kappa shape index (κ1) is 38.1. The van der Waals surface area contributed by atoms with Crippen molar-refractivity contribution in [2.24, 2.45) is 5.92 Å². The number of aromatic hydroxyl groups is 2. The molecule has 0 saturated heterocycles. The second kappa shape index (κ2) is 15.7. The first-order valence-electron chi connectivity index (χ1n) is 18.9. The number of hydrogen-bond acceptors (Lipinski definition) is 6. The van der Waals surface area contributed by atoms with Gasteiger partial charge < -0.3 is 29.2 Å². The molecule has 6 nitrogen and oxygen atoms in total. The number of ether oxygens (including phenoxy) is 4. The SMILES string of the molecule is CCc1cc(C(C)(C)c2ccc(C(C)(c3cc(COC)c(O)c(COC)c3)c3cc(COC)c(O)c(COC)c3)cc2)cc(CC2CC2)c1C1CC1. The van der Waals surface area contributed by atoms with Crippen LogP contribution in [-0.4, -0.2) is 38.7 Å². The molecule has 0 amide bonds. The number of aryl methyl sites for hydroxylation is 1. The first-order chi connectivity index (χ1) is 25.0. The Labute approximate surface area is 311 Å². The van der Waals surface area contributed by atoms with E-state index in [0.717, 1.165) is 34.9 Å². The molecular weight excluding hydrogens is 648 g/mol. The zero-order chi connectivity index (χ0) is 37.2. The lowest BCUT2D eigenvalue weighted by Crippen LogP contribution is -2.27. The van der Waals surface area contributed by atoms with E-state index in [1.807, 2.05) is 24.3 Å². The van der Waals surface area contributed by atoms with Crippen molar-refractivity contribution in [1.82, 2.24) is 0 Å². The minimum absolute atomic E-state index is 0.179. The fraction of sp³-hybridized carbons (Fsp3) is 0.478. The topological polar surface area (TPSA) is 77.4 Å². The molecule has 0 unspecified atom stereocenters. The quantitative estimate of drug-likeness (QED) is 0.107. The summed E-state index contributed by atoms with van der Waals surface area (Å²) in [4.78, 5) is 0. The molecule has 0 aliphatic heterocycles. The minimum Gasteiger partial charge on any atom is -0.507 e. The summed E-state index contributed by atoms with van der Waals surface area (Å²) < 4.78 is 22.2. The summed E-state index contributed by atoms with van der Waals surface area (Å²) in [5.74, 6) is 1.95. The van der Waals surface area contributed by atoms with E-state index in [-0.39, 0.29) is 43.3 Å². The van der Waals surface area contributed by atoms with Crippen LogP contribution in [0.4, 0.5) is 0 Å². The Bertz CT molecular complexity index is 1750. The van der Waals surface area contributed by atoms with Gasteiger partial charge in [-0.15, -0.1) is 0 Å². The Morgan fingerprint density at radius 3 is 1.33 bits per heavy atom. The molecule has 2 aliphatic carbocycles. The summed E-state index contributed by atoms with van der Waals surface area (Å²) in [5.41, 5.74) is 12.3. The van der Waals surface area contributed by atoms with Gasteiger partial charge in [0.25, 0.3) is 0 Å². The van der Waals surface area contributed by atoms with Crippen molar-refractivity contribution in [3.05, 3.63) is 127 Å². The summed E-state index contributed by atoms with van der Waals surface area (Å²) in [6, 6.07) is 22.2. The van der Waals surface area contributed by atoms with Crippen LogP contribution in [0.1, 0.15) is 126 Å². The third-order valence-corrected chi connectivity index (χ3v) is 11.7. The summed E-state index contributed by atoms with van der Waals surface area (Å²) in [6.07, 6.45) is 7.66. The Morgan fingerprint density at radius 1 is 0.538 bits per heavy atom. The lowest BCUT2D eigenvalue weighted by atomic mass is 9.68. The van der Waals surface area contributed by atoms with Crippen molar-refractivity contribution in [2.45, 2.75) is 109 Å². The van der Waals surface area contributed by atoms with Gasteiger partial charge in [0.1, 0.15) is 11.5 Å². The molecular formula is C46H58O6. The van der Waals surface area contributed by atoms with E-state index in [1.54, 1.807) is 39.6 Å². The van der Waals surface area contributed by atoms with Crippen LogP contribution in [0.3, 0.4) is 0 Å². The van der Waals surface area contributed by atoms with Crippen LogP contribution >= 0.6 is 0 Å². The second-order valence-corrected chi connectivity index (χ2v) is 15.8. The maximum atomic E-state index is 11.2. The molecule has 0 spiro atoms. The van der Waals surface area contributed by atoms with E-state index >= 15 is 0 Å². The van der Waals surface area contributed by atoms with Gasteiger partial charge in [-0.05, 0) is 126 Å². The molecule has 0 heterocycles.